The first-order valence-corrected chi connectivity index (χ1v) is 10.9. The fourth-order valence-electron chi connectivity index (χ4n) is 3.45. The van der Waals surface area contributed by atoms with Crippen molar-refractivity contribution in [1.82, 2.24) is 10.2 Å². The van der Waals surface area contributed by atoms with Crippen LogP contribution in [-0.2, 0) is 0 Å². The summed E-state index contributed by atoms with van der Waals surface area (Å²) >= 11 is 5.26. The van der Waals surface area contributed by atoms with E-state index in [1.54, 1.807) is 36.4 Å². The smallest absolute Gasteiger partial charge is 0.257 e. The molecular formula is C24H29N3O2S. The molecule has 0 aliphatic carbocycles. The number of likely N-dealkylation sites (tertiary alicyclic amines) is 1. The molecule has 1 heterocycles. The molecule has 3 rings (SSSR count). The van der Waals surface area contributed by atoms with Gasteiger partial charge in [0, 0.05) is 29.9 Å². The summed E-state index contributed by atoms with van der Waals surface area (Å²) in [5.74, 6) is 0.909. The Morgan fingerprint density at radius 3 is 2.10 bits per heavy atom. The third-order valence-corrected chi connectivity index (χ3v) is 5.73. The van der Waals surface area contributed by atoms with Crippen LogP contribution in [-0.4, -0.2) is 34.9 Å². The van der Waals surface area contributed by atoms with Gasteiger partial charge in [0.25, 0.3) is 11.8 Å². The minimum absolute atomic E-state index is 0.0640. The molecule has 1 aliphatic rings. The predicted octanol–water partition coefficient (Wildman–Crippen LogP) is 4.81. The number of nitrogens with zero attached hydrogens (tertiary/aromatic N) is 1. The van der Waals surface area contributed by atoms with Crippen LogP contribution >= 0.6 is 12.2 Å². The minimum atomic E-state index is -0.256. The first-order valence-electron chi connectivity index (χ1n) is 10.4. The van der Waals surface area contributed by atoms with Gasteiger partial charge < -0.3 is 10.2 Å². The van der Waals surface area contributed by atoms with E-state index in [0.717, 1.165) is 31.6 Å². The second kappa shape index (κ2) is 9.85. The van der Waals surface area contributed by atoms with E-state index in [1.165, 1.54) is 5.56 Å². The summed E-state index contributed by atoms with van der Waals surface area (Å²) in [5, 5.41) is 5.91. The van der Waals surface area contributed by atoms with Crippen LogP contribution in [0.5, 0.6) is 0 Å². The highest BCUT2D eigenvalue weighted by Gasteiger charge is 2.21. The molecule has 0 unspecified atom stereocenters. The fraction of sp³-hybridized carbons (Fsp3) is 0.375. The third kappa shape index (κ3) is 5.66. The highest BCUT2D eigenvalue weighted by atomic mass is 32.1. The molecule has 0 bridgehead atoms. The molecule has 5 nitrogen and oxygen atoms in total. The fourth-order valence-corrected chi connectivity index (χ4v) is 3.66. The number of piperidine rings is 1. The van der Waals surface area contributed by atoms with Gasteiger partial charge in [-0.15, -0.1) is 0 Å². The Labute approximate surface area is 183 Å². The maximum Gasteiger partial charge on any atom is 0.257 e. The number of amides is 2. The number of thiocarbonyl (C=S) groups is 1. The number of carbonyl (C=O) groups excluding carboxylic acids is 2. The zero-order chi connectivity index (χ0) is 21.7. The van der Waals surface area contributed by atoms with E-state index in [1.807, 2.05) is 17.0 Å². The highest BCUT2D eigenvalue weighted by Crippen LogP contribution is 2.19. The Balaban J connectivity index is 1.54. The third-order valence-electron chi connectivity index (χ3n) is 5.53. The first kappa shape index (κ1) is 22.0. The molecule has 2 N–H and O–H groups in total. The van der Waals surface area contributed by atoms with Crippen molar-refractivity contribution in [3.05, 3.63) is 65.2 Å². The number of hydrogen-bond acceptors (Lipinski definition) is 3. The second-order valence-corrected chi connectivity index (χ2v) is 8.65. The molecule has 0 atom stereocenters. The van der Waals surface area contributed by atoms with Crippen LogP contribution in [0.1, 0.15) is 65.8 Å². The molecule has 1 aliphatic heterocycles. The van der Waals surface area contributed by atoms with Crippen molar-refractivity contribution in [1.29, 1.82) is 0 Å². The van der Waals surface area contributed by atoms with E-state index in [-0.39, 0.29) is 16.9 Å². The average molecular weight is 424 g/mol. The lowest BCUT2D eigenvalue weighted by Gasteiger charge is -2.30. The quantitative estimate of drug-likeness (QED) is 0.693. The van der Waals surface area contributed by atoms with E-state index in [0.29, 0.717) is 23.0 Å². The van der Waals surface area contributed by atoms with E-state index in [9.17, 15) is 9.59 Å². The van der Waals surface area contributed by atoms with Gasteiger partial charge in [0.2, 0.25) is 0 Å². The maximum absolute atomic E-state index is 12.6. The summed E-state index contributed by atoms with van der Waals surface area (Å²) in [6, 6.07) is 14.7. The molecule has 158 valence electrons. The van der Waals surface area contributed by atoms with Gasteiger partial charge in [0.05, 0.1) is 0 Å². The van der Waals surface area contributed by atoms with Gasteiger partial charge in [-0.25, -0.2) is 0 Å². The van der Waals surface area contributed by atoms with E-state index < -0.39 is 0 Å². The van der Waals surface area contributed by atoms with E-state index in [4.69, 9.17) is 12.2 Å². The SMILES string of the molecule is CC1CCN(C(=O)c2ccc(NC(=S)NC(=O)c3ccc(C(C)C)cc3)cc2)CC1. The molecule has 1 fully saturated rings. The maximum atomic E-state index is 12.6. The summed E-state index contributed by atoms with van der Waals surface area (Å²) in [5.41, 5.74) is 3.12. The topological polar surface area (TPSA) is 61.4 Å². The van der Waals surface area contributed by atoms with Crippen molar-refractivity contribution in [3.8, 4) is 0 Å². The zero-order valence-electron chi connectivity index (χ0n) is 17.8. The van der Waals surface area contributed by atoms with Gasteiger partial charge in [-0.05, 0) is 78.9 Å². The Kier molecular flexibility index (Phi) is 7.21. The lowest BCUT2D eigenvalue weighted by molar-refractivity contribution is 0.0697. The standard InChI is InChI=1S/C24H29N3O2S/c1-16(2)18-4-6-19(7-5-18)22(28)26-24(30)25-21-10-8-20(9-11-21)23(29)27-14-12-17(3)13-15-27/h4-11,16-17H,12-15H2,1-3H3,(H2,25,26,28,30). The van der Waals surface area contributed by atoms with Crippen molar-refractivity contribution in [2.45, 2.75) is 39.5 Å². The largest absolute Gasteiger partial charge is 0.339 e. The van der Waals surface area contributed by atoms with Crippen molar-refractivity contribution >= 4 is 34.8 Å². The predicted molar refractivity (Wildman–Crippen MR) is 125 cm³/mol. The van der Waals surface area contributed by atoms with Crippen LogP contribution in [0.2, 0.25) is 0 Å². The van der Waals surface area contributed by atoms with Crippen molar-refractivity contribution in [2.24, 2.45) is 5.92 Å². The molecule has 2 aromatic rings. The number of nitrogens with one attached hydrogen (secondary N) is 2. The number of benzene rings is 2. The van der Waals surface area contributed by atoms with E-state index in [2.05, 4.69) is 31.4 Å². The van der Waals surface area contributed by atoms with Crippen LogP contribution < -0.4 is 10.6 Å². The summed E-state index contributed by atoms with van der Waals surface area (Å²) in [6.07, 6.45) is 2.11. The summed E-state index contributed by atoms with van der Waals surface area (Å²) < 4.78 is 0. The molecule has 0 spiro atoms. The van der Waals surface area contributed by atoms with Gasteiger partial charge in [0.1, 0.15) is 0 Å². The van der Waals surface area contributed by atoms with Gasteiger partial charge in [-0.3, -0.25) is 14.9 Å². The molecule has 0 radical (unpaired) electrons. The molecular weight excluding hydrogens is 394 g/mol. The normalized spacial score (nSPS) is 14.5. The van der Waals surface area contributed by atoms with E-state index >= 15 is 0 Å². The molecule has 0 aromatic heterocycles. The van der Waals surface area contributed by atoms with Crippen LogP contribution in [0.15, 0.2) is 48.5 Å². The Hall–Kier alpha value is -2.73. The molecule has 6 heteroatoms. The number of anilines is 1. The number of rotatable bonds is 4. The average Bonchev–Trinajstić information content (AvgIpc) is 2.74. The summed E-state index contributed by atoms with van der Waals surface area (Å²) in [4.78, 5) is 26.9. The minimum Gasteiger partial charge on any atom is -0.339 e. The first-order chi connectivity index (χ1) is 14.3. The van der Waals surface area contributed by atoms with Crippen LogP contribution in [0.25, 0.3) is 0 Å². The van der Waals surface area contributed by atoms with Gasteiger partial charge >= 0.3 is 0 Å². The van der Waals surface area contributed by atoms with Crippen LogP contribution in [0.3, 0.4) is 0 Å². The van der Waals surface area contributed by atoms with Gasteiger partial charge in [-0.1, -0.05) is 32.9 Å². The van der Waals surface area contributed by atoms with Crippen LogP contribution in [0, 0.1) is 5.92 Å². The molecule has 1 saturated heterocycles. The van der Waals surface area contributed by atoms with Gasteiger partial charge in [0.15, 0.2) is 5.11 Å². The number of hydrogen-bond donors (Lipinski definition) is 2. The Morgan fingerprint density at radius 2 is 1.53 bits per heavy atom. The summed E-state index contributed by atoms with van der Waals surface area (Å²) in [6.45, 7) is 8.08. The Bertz CT molecular complexity index is 899. The molecule has 0 saturated carbocycles. The van der Waals surface area contributed by atoms with Crippen molar-refractivity contribution in [3.63, 3.8) is 0 Å². The zero-order valence-corrected chi connectivity index (χ0v) is 18.6. The molecule has 2 amide bonds. The van der Waals surface area contributed by atoms with Crippen molar-refractivity contribution in [2.75, 3.05) is 18.4 Å². The van der Waals surface area contributed by atoms with Gasteiger partial charge in [-0.2, -0.15) is 0 Å². The Morgan fingerprint density at radius 1 is 0.967 bits per heavy atom. The lowest BCUT2D eigenvalue weighted by atomic mass is 9.98. The number of carbonyl (C=O) groups is 2. The highest BCUT2D eigenvalue weighted by molar-refractivity contribution is 7.80. The molecule has 2 aromatic carbocycles. The molecule has 30 heavy (non-hydrogen) atoms. The lowest BCUT2D eigenvalue weighted by Crippen LogP contribution is -2.37. The second-order valence-electron chi connectivity index (χ2n) is 8.24. The van der Waals surface area contributed by atoms with Crippen LogP contribution in [0.4, 0.5) is 5.69 Å². The monoisotopic (exact) mass is 423 g/mol. The van der Waals surface area contributed by atoms with Crippen molar-refractivity contribution < 1.29 is 9.59 Å². The summed E-state index contributed by atoms with van der Waals surface area (Å²) in [7, 11) is 0.